The van der Waals surface area contributed by atoms with Gasteiger partial charge >= 0.3 is 0 Å². The molecule has 1 nitrogen and oxygen atoms in total. The SMILES string of the molecule is Cc1c[nH]c(C(C)(C)C)c1C(C)(C)C. The lowest BCUT2D eigenvalue weighted by molar-refractivity contribution is 0.520. The van der Waals surface area contributed by atoms with Crippen LogP contribution in [0.5, 0.6) is 0 Å². The van der Waals surface area contributed by atoms with Crippen molar-refractivity contribution < 1.29 is 0 Å². The van der Waals surface area contributed by atoms with E-state index in [9.17, 15) is 0 Å². The molecule has 0 spiro atoms. The molecule has 1 heteroatoms. The minimum Gasteiger partial charge on any atom is -0.364 e. The zero-order valence-electron chi connectivity index (χ0n) is 10.6. The third kappa shape index (κ3) is 2.02. The van der Waals surface area contributed by atoms with Crippen LogP contribution in [0, 0.1) is 6.92 Å². The molecule has 0 aliphatic rings. The van der Waals surface area contributed by atoms with Crippen molar-refractivity contribution >= 4 is 0 Å². The van der Waals surface area contributed by atoms with Crippen LogP contribution >= 0.6 is 0 Å². The molecular weight excluding hydrogens is 170 g/mol. The Morgan fingerprint density at radius 2 is 1.43 bits per heavy atom. The quantitative estimate of drug-likeness (QED) is 0.643. The Labute approximate surface area is 87.9 Å². The van der Waals surface area contributed by atoms with Crippen molar-refractivity contribution in [3.05, 3.63) is 23.0 Å². The molecule has 80 valence electrons. The summed E-state index contributed by atoms with van der Waals surface area (Å²) in [6.45, 7) is 15.8. The average Bonchev–Trinajstić information content (AvgIpc) is 2.27. The topological polar surface area (TPSA) is 15.8 Å². The van der Waals surface area contributed by atoms with Gasteiger partial charge in [-0.15, -0.1) is 0 Å². The number of rotatable bonds is 0. The summed E-state index contributed by atoms with van der Waals surface area (Å²) in [5.74, 6) is 0. The maximum atomic E-state index is 3.42. The third-order valence-corrected chi connectivity index (χ3v) is 2.58. The molecule has 1 N–H and O–H groups in total. The molecule has 0 radical (unpaired) electrons. The monoisotopic (exact) mass is 193 g/mol. The van der Waals surface area contributed by atoms with E-state index in [0.717, 1.165) is 0 Å². The molecule has 0 bridgehead atoms. The first-order chi connectivity index (χ1) is 6.14. The number of hydrogen-bond acceptors (Lipinski definition) is 0. The van der Waals surface area contributed by atoms with Crippen LogP contribution < -0.4 is 0 Å². The second kappa shape index (κ2) is 3.15. The Kier molecular flexibility index (Phi) is 2.55. The van der Waals surface area contributed by atoms with Crippen molar-refractivity contribution in [2.24, 2.45) is 0 Å². The van der Waals surface area contributed by atoms with Crippen LogP contribution in [0.2, 0.25) is 0 Å². The average molecular weight is 193 g/mol. The minimum absolute atomic E-state index is 0.205. The zero-order chi connectivity index (χ0) is 11.1. The van der Waals surface area contributed by atoms with Gasteiger partial charge in [-0.1, -0.05) is 41.5 Å². The Morgan fingerprint density at radius 1 is 0.929 bits per heavy atom. The van der Waals surface area contributed by atoms with Gasteiger partial charge in [0.25, 0.3) is 0 Å². The molecule has 1 aromatic heterocycles. The summed E-state index contributed by atoms with van der Waals surface area (Å²) in [6, 6.07) is 0. The van der Waals surface area contributed by atoms with E-state index in [4.69, 9.17) is 0 Å². The van der Waals surface area contributed by atoms with Gasteiger partial charge in [0.05, 0.1) is 0 Å². The number of aromatic nitrogens is 1. The highest BCUT2D eigenvalue weighted by Crippen LogP contribution is 2.35. The molecule has 14 heavy (non-hydrogen) atoms. The third-order valence-electron chi connectivity index (χ3n) is 2.58. The normalized spacial score (nSPS) is 13.4. The molecular formula is C13H23N. The van der Waals surface area contributed by atoms with Crippen LogP contribution in [0.25, 0.3) is 0 Å². The fraction of sp³-hybridized carbons (Fsp3) is 0.692. The number of aromatic amines is 1. The maximum Gasteiger partial charge on any atom is 0.0242 e. The van der Waals surface area contributed by atoms with Crippen LogP contribution in [0.3, 0.4) is 0 Å². The van der Waals surface area contributed by atoms with Crippen molar-refractivity contribution in [3.63, 3.8) is 0 Å². The summed E-state index contributed by atoms with van der Waals surface area (Å²) in [7, 11) is 0. The van der Waals surface area contributed by atoms with Crippen molar-refractivity contribution in [2.75, 3.05) is 0 Å². The molecule has 1 aromatic rings. The van der Waals surface area contributed by atoms with E-state index in [0.29, 0.717) is 0 Å². The highest BCUT2D eigenvalue weighted by atomic mass is 14.7. The molecule has 0 aliphatic carbocycles. The van der Waals surface area contributed by atoms with E-state index in [1.54, 1.807) is 0 Å². The predicted octanol–water partition coefficient (Wildman–Crippen LogP) is 3.92. The van der Waals surface area contributed by atoms with Crippen LogP contribution in [0.4, 0.5) is 0 Å². The highest BCUT2D eigenvalue weighted by molar-refractivity contribution is 5.39. The fourth-order valence-electron chi connectivity index (χ4n) is 2.08. The van der Waals surface area contributed by atoms with Crippen molar-refractivity contribution in [1.82, 2.24) is 4.98 Å². The van der Waals surface area contributed by atoms with Gasteiger partial charge in [0.2, 0.25) is 0 Å². The summed E-state index contributed by atoms with van der Waals surface area (Å²) >= 11 is 0. The van der Waals surface area contributed by atoms with Gasteiger partial charge in [-0.25, -0.2) is 0 Å². The van der Waals surface area contributed by atoms with E-state index in [2.05, 4.69) is 59.6 Å². The first-order valence-electron chi connectivity index (χ1n) is 5.33. The Morgan fingerprint density at radius 3 is 1.71 bits per heavy atom. The number of H-pyrrole nitrogens is 1. The van der Waals surface area contributed by atoms with E-state index in [-0.39, 0.29) is 10.8 Å². The molecule has 0 aliphatic heterocycles. The summed E-state index contributed by atoms with van der Waals surface area (Å²) in [5.41, 5.74) is 4.67. The van der Waals surface area contributed by atoms with Gasteiger partial charge in [0.1, 0.15) is 0 Å². The second-order valence-corrected chi connectivity index (χ2v) is 6.22. The molecule has 1 heterocycles. The molecule has 0 aromatic carbocycles. The fourth-order valence-corrected chi connectivity index (χ4v) is 2.08. The van der Waals surface area contributed by atoms with Gasteiger partial charge in [0.15, 0.2) is 0 Å². The van der Waals surface area contributed by atoms with Gasteiger partial charge < -0.3 is 4.98 Å². The molecule has 0 unspecified atom stereocenters. The number of nitrogens with one attached hydrogen (secondary N) is 1. The van der Waals surface area contributed by atoms with Gasteiger partial charge in [0, 0.05) is 17.3 Å². The first-order valence-corrected chi connectivity index (χ1v) is 5.33. The molecule has 0 atom stereocenters. The molecule has 0 amide bonds. The van der Waals surface area contributed by atoms with Gasteiger partial charge in [-0.3, -0.25) is 0 Å². The Balaban J connectivity index is 3.35. The van der Waals surface area contributed by atoms with Crippen molar-refractivity contribution in [1.29, 1.82) is 0 Å². The van der Waals surface area contributed by atoms with Crippen LogP contribution in [-0.4, -0.2) is 4.98 Å². The Hall–Kier alpha value is -0.720. The first kappa shape index (κ1) is 11.4. The van der Waals surface area contributed by atoms with E-state index < -0.39 is 0 Å². The van der Waals surface area contributed by atoms with Crippen molar-refractivity contribution in [3.8, 4) is 0 Å². The van der Waals surface area contributed by atoms with Crippen molar-refractivity contribution in [2.45, 2.75) is 59.3 Å². The molecule has 0 saturated heterocycles. The van der Waals surface area contributed by atoms with Crippen LogP contribution in [0.15, 0.2) is 6.20 Å². The maximum absolute atomic E-state index is 3.42. The number of hydrogen-bond donors (Lipinski definition) is 1. The predicted molar refractivity (Wildman–Crippen MR) is 62.9 cm³/mol. The van der Waals surface area contributed by atoms with E-state index >= 15 is 0 Å². The van der Waals surface area contributed by atoms with E-state index in [1.165, 1.54) is 16.8 Å². The van der Waals surface area contributed by atoms with E-state index in [1.807, 2.05) is 0 Å². The zero-order valence-corrected chi connectivity index (χ0v) is 10.6. The number of aryl methyl sites for hydroxylation is 1. The molecule has 0 saturated carbocycles. The largest absolute Gasteiger partial charge is 0.364 e. The second-order valence-electron chi connectivity index (χ2n) is 6.22. The molecule has 1 rings (SSSR count). The van der Waals surface area contributed by atoms with Gasteiger partial charge in [-0.2, -0.15) is 0 Å². The lowest BCUT2D eigenvalue weighted by atomic mass is 9.78. The molecule has 0 fully saturated rings. The van der Waals surface area contributed by atoms with Crippen LogP contribution in [-0.2, 0) is 10.8 Å². The summed E-state index contributed by atoms with van der Waals surface area (Å²) in [5, 5.41) is 0. The summed E-state index contributed by atoms with van der Waals surface area (Å²) in [6.07, 6.45) is 2.13. The highest BCUT2D eigenvalue weighted by Gasteiger charge is 2.27. The Bertz CT molecular complexity index is 318. The van der Waals surface area contributed by atoms with Gasteiger partial charge in [-0.05, 0) is 23.5 Å². The summed E-state index contributed by atoms with van der Waals surface area (Å²) in [4.78, 5) is 3.42. The standard InChI is InChI=1S/C13H23N/c1-9-8-14-11(13(5,6)7)10(9)12(2,3)4/h8,14H,1-7H3. The summed E-state index contributed by atoms with van der Waals surface area (Å²) < 4.78 is 0. The lowest BCUT2D eigenvalue weighted by Crippen LogP contribution is -2.21. The van der Waals surface area contributed by atoms with Crippen LogP contribution in [0.1, 0.15) is 58.4 Å². The lowest BCUT2D eigenvalue weighted by Gasteiger charge is -2.27. The minimum atomic E-state index is 0.205. The smallest absolute Gasteiger partial charge is 0.0242 e.